The first-order chi connectivity index (χ1) is 10.9. The standard InChI is InChI=1S/C16H22N4O3/c1-16(2,3)23-15(21)20-9-5-6-11(20)10-22-14-18-12-7-4-8-17-13(12)19-14/h4,7-8,11H,5-6,9-10H2,1-3H3,(H,17,18,19). The molecule has 0 saturated carbocycles. The molecular formula is C16H22N4O3. The first-order valence-corrected chi connectivity index (χ1v) is 7.85. The van der Waals surface area contributed by atoms with Gasteiger partial charge < -0.3 is 19.4 Å². The van der Waals surface area contributed by atoms with Gasteiger partial charge >= 0.3 is 6.09 Å². The molecule has 0 aliphatic carbocycles. The van der Waals surface area contributed by atoms with Crippen molar-refractivity contribution in [1.29, 1.82) is 0 Å². The number of hydrogen-bond donors (Lipinski definition) is 1. The van der Waals surface area contributed by atoms with E-state index in [0.717, 1.165) is 18.4 Å². The lowest BCUT2D eigenvalue weighted by molar-refractivity contribution is 0.0184. The number of carbonyl (C=O) groups is 1. The minimum absolute atomic E-state index is 0.00558. The number of nitrogens with one attached hydrogen (secondary N) is 1. The number of carbonyl (C=O) groups excluding carboxylic acids is 1. The second-order valence-electron chi connectivity index (χ2n) is 6.70. The van der Waals surface area contributed by atoms with Gasteiger partial charge in [-0.2, -0.15) is 4.98 Å². The molecule has 23 heavy (non-hydrogen) atoms. The quantitative estimate of drug-likeness (QED) is 0.941. The van der Waals surface area contributed by atoms with E-state index in [9.17, 15) is 4.79 Å². The van der Waals surface area contributed by atoms with Crippen molar-refractivity contribution in [1.82, 2.24) is 19.9 Å². The molecule has 1 fully saturated rings. The van der Waals surface area contributed by atoms with E-state index in [2.05, 4.69) is 15.0 Å². The van der Waals surface area contributed by atoms with Gasteiger partial charge in [0.1, 0.15) is 12.2 Å². The lowest BCUT2D eigenvalue weighted by Crippen LogP contribution is -2.42. The molecule has 3 heterocycles. The Kier molecular flexibility index (Phi) is 4.11. The molecule has 1 amide bonds. The molecule has 0 radical (unpaired) electrons. The van der Waals surface area contributed by atoms with Gasteiger partial charge in [0, 0.05) is 12.7 Å². The number of amides is 1. The van der Waals surface area contributed by atoms with Gasteiger partial charge in [-0.1, -0.05) is 0 Å². The maximum Gasteiger partial charge on any atom is 0.410 e. The van der Waals surface area contributed by atoms with Crippen LogP contribution in [0.2, 0.25) is 0 Å². The van der Waals surface area contributed by atoms with Crippen LogP contribution in [0, 0.1) is 0 Å². The van der Waals surface area contributed by atoms with Gasteiger partial charge in [0.05, 0.1) is 11.6 Å². The van der Waals surface area contributed by atoms with Crippen molar-refractivity contribution in [3.05, 3.63) is 18.3 Å². The first-order valence-electron chi connectivity index (χ1n) is 7.85. The molecule has 1 saturated heterocycles. The van der Waals surface area contributed by atoms with E-state index in [1.807, 2.05) is 32.9 Å². The number of aromatic nitrogens is 3. The summed E-state index contributed by atoms with van der Waals surface area (Å²) in [5.41, 5.74) is 0.964. The fourth-order valence-electron chi connectivity index (χ4n) is 2.64. The predicted octanol–water partition coefficient (Wildman–Crippen LogP) is 2.74. The summed E-state index contributed by atoms with van der Waals surface area (Å²) < 4.78 is 11.2. The Morgan fingerprint density at radius 2 is 2.30 bits per heavy atom. The van der Waals surface area contributed by atoms with Gasteiger partial charge in [0.25, 0.3) is 6.01 Å². The van der Waals surface area contributed by atoms with E-state index in [0.29, 0.717) is 24.8 Å². The topological polar surface area (TPSA) is 80.3 Å². The number of imidazole rings is 1. The highest BCUT2D eigenvalue weighted by Crippen LogP contribution is 2.22. The summed E-state index contributed by atoms with van der Waals surface area (Å²) in [6.45, 7) is 6.69. The Hall–Kier alpha value is -2.31. The molecule has 7 heteroatoms. The van der Waals surface area contributed by atoms with Crippen molar-refractivity contribution in [2.75, 3.05) is 13.2 Å². The summed E-state index contributed by atoms with van der Waals surface area (Å²) in [6, 6.07) is 4.16. The summed E-state index contributed by atoms with van der Waals surface area (Å²) in [5.74, 6) is 0. The van der Waals surface area contributed by atoms with Crippen LogP contribution in [0.4, 0.5) is 4.79 Å². The second kappa shape index (κ2) is 6.06. The van der Waals surface area contributed by atoms with Gasteiger partial charge in [-0.3, -0.25) is 0 Å². The minimum Gasteiger partial charge on any atom is -0.463 e. The molecule has 1 N–H and O–H groups in total. The summed E-state index contributed by atoms with van der Waals surface area (Å²) in [4.78, 5) is 25.5. The van der Waals surface area contributed by atoms with Crippen LogP contribution in [-0.4, -0.2) is 50.7 Å². The number of fused-ring (bicyclic) bond motifs is 1. The lowest BCUT2D eigenvalue weighted by Gasteiger charge is -2.28. The molecule has 1 aliphatic heterocycles. The van der Waals surface area contributed by atoms with Crippen LogP contribution in [0.25, 0.3) is 11.2 Å². The van der Waals surface area contributed by atoms with Crippen molar-refractivity contribution < 1.29 is 14.3 Å². The molecule has 2 aromatic rings. The highest BCUT2D eigenvalue weighted by atomic mass is 16.6. The molecule has 7 nitrogen and oxygen atoms in total. The van der Waals surface area contributed by atoms with Crippen LogP contribution < -0.4 is 4.74 Å². The normalized spacial score (nSPS) is 18.4. The lowest BCUT2D eigenvalue weighted by atomic mass is 10.2. The summed E-state index contributed by atoms with van der Waals surface area (Å²) in [5, 5.41) is 0. The average Bonchev–Trinajstić information content (AvgIpc) is 3.09. The maximum atomic E-state index is 12.2. The summed E-state index contributed by atoms with van der Waals surface area (Å²) in [6.07, 6.45) is 3.26. The maximum absolute atomic E-state index is 12.2. The van der Waals surface area contributed by atoms with Crippen LogP contribution in [-0.2, 0) is 4.74 Å². The van der Waals surface area contributed by atoms with Crippen molar-refractivity contribution in [2.24, 2.45) is 0 Å². The Labute approximate surface area is 135 Å². The largest absolute Gasteiger partial charge is 0.463 e. The molecule has 3 rings (SSSR count). The van der Waals surface area contributed by atoms with Gasteiger partial charge in [-0.25, -0.2) is 9.78 Å². The monoisotopic (exact) mass is 318 g/mol. The fraction of sp³-hybridized carbons (Fsp3) is 0.562. The number of nitrogens with zero attached hydrogens (tertiary/aromatic N) is 3. The Balaban J connectivity index is 1.61. The van der Waals surface area contributed by atoms with E-state index in [4.69, 9.17) is 9.47 Å². The number of likely N-dealkylation sites (tertiary alicyclic amines) is 1. The molecule has 0 aromatic carbocycles. The molecular weight excluding hydrogens is 296 g/mol. The van der Waals surface area contributed by atoms with Crippen LogP contribution in [0.15, 0.2) is 18.3 Å². The smallest absolute Gasteiger partial charge is 0.410 e. The Morgan fingerprint density at radius 1 is 1.48 bits per heavy atom. The van der Waals surface area contributed by atoms with Crippen LogP contribution in [0.5, 0.6) is 6.01 Å². The molecule has 0 bridgehead atoms. The molecule has 124 valence electrons. The average molecular weight is 318 g/mol. The zero-order chi connectivity index (χ0) is 16.4. The minimum atomic E-state index is -0.491. The van der Waals surface area contributed by atoms with Crippen molar-refractivity contribution in [3.8, 4) is 6.01 Å². The Bertz CT molecular complexity index is 659. The zero-order valence-corrected chi connectivity index (χ0v) is 13.7. The van der Waals surface area contributed by atoms with E-state index in [1.165, 1.54) is 0 Å². The van der Waals surface area contributed by atoms with E-state index in [1.54, 1.807) is 11.1 Å². The number of rotatable bonds is 3. The summed E-state index contributed by atoms with van der Waals surface area (Å²) in [7, 11) is 0. The first kappa shape index (κ1) is 15.6. The molecule has 1 unspecified atom stereocenters. The third-order valence-corrected chi connectivity index (χ3v) is 3.65. The molecule has 1 aliphatic rings. The molecule has 2 aromatic heterocycles. The SMILES string of the molecule is CC(C)(C)OC(=O)N1CCCC1COc1nc2ncccc2[nH]1. The number of pyridine rings is 1. The van der Waals surface area contributed by atoms with Crippen molar-refractivity contribution >= 4 is 17.3 Å². The zero-order valence-electron chi connectivity index (χ0n) is 13.7. The highest BCUT2D eigenvalue weighted by Gasteiger charge is 2.32. The number of H-pyrrole nitrogens is 1. The Morgan fingerprint density at radius 3 is 3.04 bits per heavy atom. The van der Waals surface area contributed by atoms with Crippen LogP contribution >= 0.6 is 0 Å². The van der Waals surface area contributed by atoms with Gasteiger partial charge in [-0.05, 0) is 45.7 Å². The van der Waals surface area contributed by atoms with Gasteiger partial charge in [0.15, 0.2) is 5.65 Å². The fourth-order valence-corrected chi connectivity index (χ4v) is 2.64. The van der Waals surface area contributed by atoms with Crippen LogP contribution in [0.3, 0.4) is 0 Å². The number of hydrogen-bond acceptors (Lipinski definition) is 5. The van der Waals surface area contributed by atoms with Crippen LogP contribution in [0.1, 0.15) is 33.6 Å². The molecule has 1 atom stereocenters. The van der Waals surface area contributed by atoms with Gasteiger partial charge in [-0.15, -0.1) is 0 Å². The van der Waals surface area contributed by atoms with Gasteiger partial charge in [0.2, 0.25) is 0 Å². The predicted molar refractivity (Wildman–Crippen MR) is 85.3 cm³/mol. The van der Waals surface area contributed by atoms with Crippen molar-refractivity contribution in [2.45, 2.75) is 45.3 Å². The third kappa shape index (κ3) is 3.72. The third-order valence-electron chi connectivity index (χ3n) is 3.65. The number of ether oxygens (including phenoxy) is 2. The van der Waals surface area contributed by atoms with E-state index >= 15 is 0 Å². The number of aromatic amines is 1. The van der Waals surface area contributed by atoms with E-state index in [-0.39, 0.29) is 12.1 Å². The molecule has 0 spiro atoms. The summed E-state index contributed by atoms with van der Waals surface area (Å²) >= 11 is 0. The van der Waals surface area contributed by atoms with Crippen molar-refractivity contribution in [3.63, 3.8) is 0 Å². The second-order valence-corrected chi connectivity index (χ2v) is 6.70. The highest BCUT2D eigenvalue weighted by molar-refractivity contribution is 5.70. The van der Waals surface area contributed by atoms with E-state index < -0.39 is 5.60 Å².